The summed E-state index contributed by atoms with van der Waals surface area (Å²) in [6.45, 7) is 2.00. The molecule has 0 unspecified atom stereocenters. The predicted octanol–water partition coefficient (Wildman–Crippen LogP) is 2.53. The van der Waals surface area contributed by atoms with E-state index in [1.54, 1.807) is 30.1 Å². The quantitative estimate of drug-likeness (QED) is 0.645. The second kappa shape index (κ2) is 6.39. The molecule has 0 aliphatic heterocycles. The first-order valence-electron chi connectivity index (χ1n) is 6.46. The zero-order valence-corrected chi connectivity index (χ0v) is 12.6. The molecule has 1 saturated carbocycles. The van der Waals surface area contributed by atoms with Crippen molar-refractivity contribution >= 4 is 27.5 Å². The van der Waals surface area contributed by atoms with E-state index in [4.69, 9.17) is 10.5 Å². The fourth-order valence-corrected chi connectivity index (χ4v) is 2.17. The van der Waals surface area contributed by atoms with Crippen LogP contribution in [-0.2, 0) is 4.74 Å². The van der Waals surface area contributed by atoms with Gasteiger partial charge in [-0.15, -0.1) is 0 Å². The van der Waals surface area contributed by atoms with Crippen LogP contribution in [-0.4, -0.2) is 37.6 Å². The summed E-state index contributed by atoms with van der Waals surface area (Å²) in [6.07, 6.45) is 2.57. The van der Waals surface area contributed by atoms with Gasteiger partial charge in [0.15, 0.2) is 0 Å². The molecule has 1 amide bonds. The van der Waals surface area contributed by atoms with Gasteiger partial charge in [0, 0.05) is 30.4 Å². The molecule has 0 aromatic heterocycles. The molecule has 0 saturated heterocycles. The molecule has 5 heteroatoms. The number of hydrogen-bond acceptors (Lipinski definition) is 3. The van der Waals surface area contributed by atoms with Crippen molar-refractivity contribution in [3.63, 3.8) is 0 Å². The maximum Gasteiger partial charge on any atom is 0.254 e. The number of halogens is 1. The Bertz CT molecular complexity index is 461. The summed E-state index contributed by atoms with van der Waals surface area (Å²) >= 11 is 3.37. The standard InChI is InChI=1S/C14H19BrN2O2/c1-17(6-7-19-9-10-2-3-10)14(18)12-8-11(16)4-5-13(12)15/h4-5,8,10H,2-3,6-7,9,16H2,1H3. The molecule has 104 valence electrons. The topological polar surface area (TPSA) is 55.6 Å². The summed E-state index contributed by atoms with van der Waals surface area (Å²) in [6, 6.07) is 5.24. The third kappa shape index (κ3) is 4.21. The van der Waals surface area contributed by atoms with Crippen molar-refractivity contribution in [3.8, 4) is 0 Å². The maximum absolute atomic E-state index is 12.2. The van der Waals surface area contributed by atoms with Crippen LogP contribution < -0.4 is 5.73 Å². The van der Waals surface area contributed by atoms with Gasteiger partial charge in [-0.2, -0.15) is 0 Å². The summed E-state index contributed by atoms with van der Waals surface area (Å²) in [5, 5.41) is 0. The van der Waals surface area contributed by atoms with Gasteiger partial charge in [0.05, 0.1) is 12.2 Å². The van der Waals surface area contributed by atoms with Gasteiger partial charge < -0.3 is 15.4 Å². The van der Waals surface area contributed by atoms with Gasteiger partial charge >= 0.3 is 0 Å². The average Bonchev–Trinajstić information content (AvgIpc) is 3.20. The van der Waals surface area contributed by atoms with Crippen LogP contribution in [0, 0.1) is 5.92 Å². The van der Waals surface area contributed by atoms with Crippen LogP contribution in [0.5, 0.6) is 0 Å². The van der Waals surface area contributed by atoms with Crippen molar-refractivity contribution in [1.82, 2.24) is 4.90 Å². The van der Waals surface area contributed by atoms with E-state index in [2.05, 4.69) is 15.9 Å². The molecule has 1 aromatic rings. The van der Waals surface area contributed by atoms with E-state index in [0.717, 1.165) is 17.0 Å². The lowest BCUT2D eigenvalue weighted by Crippen LogP contribution is -2.30. The first-order chi connectivity index (χ1) is 9.08. The van der Waals surface area contributed by atoms with Gasteiger partial charge in [-0.3, -0.25) is 4.79 Å². The maximum atomic E-state index is 12.2. The van der Waals surface area contributed by atoms with Gasteiger partial charge in [-0.25, -0.2) is 0 Å². The predicted molar refractivity (Wildman–Crippen MR) is 79.1 cm³/mol. The Labute approximate surface area is 122 Å². The lowest BCUT2D eigenvalue weighted by Gasteiger charge is -2.18. The van der Waals surface area contributed by atoms with Gasteiger partial charge in [0.25, 0.3) is 5.91 Å². The van der Waals surface area contributed by atoms with E-state index in [0.29, 0.717) is 24.4 Å². The Hall–Kier alpha value is -1.07. The number of likely N-dealkylation sites (N-methyl/N-ethyl adjacent to an activating group) is 1. The molecule has 1 fully saturated rings. The first kappa shape index (κ1) is 14.3. The highest BCUT2D eigenvalue weighted by Crippen LogP contribution is 2.28. The lowest BCUT2D eigenvalue weighted by atomic mass is 10.2. The molecule has 2 N–H and O–H groups in total. The normalized spacial score (nSPS) is 14.4. The molecular weight excluding hydrogens is 308 g/mol. The third-order valence-corrected chi connectivity index (χ3v) is 3.88. The number of rotatable bonds is 6. The molecular formula is C14H19BrN2O2. The highest BCUT2D eigenvalue weighted by atomic mass is 79.9. The fraction of sp³-hybridized carbons (Fsp3) is 0.500. The summed E-state index contributed by atoms with van der Waals surface area (Å²) in [4.78, 5) is 13.9. The number of nitrogens with two attached hydrogens (primary N) is 1. The Morgan fingerprint density at radius 2 is 2.26 bits per heavy atom. The van der Waals surface area contributed by atoms with Crippen molar-refractivity contribution in [1.29, 1.82) is 0 Å². The van der Waals surface area contributed by atoms with Crippen LogP contribution in [0.3, 0.4) is 0 Å². The Morgan fingerprint density at radius 1 is 1.53 bits per heavy atom. The summed E-state index contributed by atoms with van der Waals surface area (Å²) in [5.41, 5.74) is 6.89. The van der Waals surface area contributed by atoms with E-state index in [1.807, 2.05) is 0 Å². The molecule has 4 nitrogen and oxygen atoms in total. The molecule has 0 radical (unpaired) electrons. The van der Waals surface area contributed by atoms with Crippen LogP contribution >= 0.6 is 15.9 Å². The molecule has 0 heterocycles. The van der Waals surface area contributed by atoms with Crippen molar-refractivity contribution in [2.75, 3.05) is 32.5 Å². The van der Waals surface area contributed by atoms with Crippen LogP contribution in [0.4, 0.5) is 5.69 Å². The van der Waals surface area contributed by atoms with Crippen molar-refractivity contribution in [3.05, 3.63) is 28.2 Å². The number of carbonyl (C=O) groups is 1. The van der Waals surface area contributed by atoms with E-state index in [9.17, 15) is 4.79 Å². The molecule has 0 atom stereocenters. The molecule has 1 aliphatic carbocycles. The van der Waals surface area contributed by atoms with Crippen molar-refractivity contribution < 1.29 is 9.53 Å². The number of nitrogen functional groups attached to an aromatic ring is 1. The third-order valence-electron chi connectivity index (χ3n) is 3.19. The number of nitrogens with zero attached hydrogens (tertiary/aromatic N) is 1. The number of ether oxygens (including phenoxy) is 1. The van der Waals surface area contributed by atoms with Crippen LogP contribution in [0.1, 0.15) is 23.2 Å². The van der Waals surface area contributed by atoms with E-state index in [1.165, 1.54) is 12.8 Å². The number of amides is 1. The van der Waals surface area contributed by atoms with Crippen LogP contribution in [0.2, 0.25) is 0 Å². The van der Waals surface area contributed by atoms with E-state index in [-0.39, 0.29) is 5.91 Å². The smallest absolute Gasteiger partial charge is 0.254 e. The minimum atomic E-state index is -0.0470. The minimum Gasteiger partial charge on any atom is -0.399 e. The summed E-state index contributed by atoms with van der Waals surface area (Å²) in [5.74, 6) is 0.707. The SMILES string of the molecule is CN(CCOCC1CC1)C(=O)c1cc(N)ccc1Br. The molecule has 1 aromatic carbocycles. The number of benzene rings is 1. The first-order valence-corrected chi connectivity index (χ1v) is 7.25. The molecule has 1 aliphatic rings. The number of hydrogen-bond donors (Lipinski definition) is 1. The summed E-state index contributed by atoms with van der Waals surface area (Å²) < 4.78 is 6.30. The Balaban J connectivity index is 1.84. The van der Waals surface area contributed by atoms with Gasteiger partial charge in [-0.05, 0) is 52.9 Å². The summed E-state index contributed by atoms with van der Waals surface area (Å²) in [7, 11) is 1.78. The lowest BCUT2D eigenvalue weighted by molar-refractivity contribution is 0.0680. The van der Waals surface area contributed by atoms with Gasteiger partial charge in [0.2, 0.25) is 0 Å². The van der Waals surface area contributed by atoms with Crippen LogP contribution in [0.15, 0.2) is 22.7 Å². The van der Waals surface area contributed by atoms with Crippen molar-refractivity contribution in [2.24, 2.45) is 5.92 Å². The number of anilines is 1. The average molecular weight is 327 g/mol. The minimum absolute atomic E-state index is 0.0470. The molecule has 0 bridgehead atoms. The molecule has 0 spiro atoms. The van der Waals surface area contributed by atoms with Crippen LogP contribution in [0.25, 0.3) is 0 Å². The Morgan fingerprint density at radius 3 is 2.95 bits per heavy atom. The van der Waals surface area contributed by atoms with E-state index >= 15 is 0 Å². The zero-order valence-electron chi connectivity index (χ0n) is 11.1. The van der Waals surface area contributed by atoms with Gasteiger partial charge in [0.1, 0.15) is 0 Å². The fourth-order valence-electron chi connectivity index (χ4n) is 1.75. The molecule has 2 rings (SSSR count). The monoisotopic (exact) mass is 326 g/mol. The highest BCUT2D eigenvalue weighted by molar-refractivity contribution is 9.10. The highest BCUT2D eigenvalue weighted by Gasteiger charge is 2.21. The Kier molecular flexibility index (Phi) is 4.82. The van der Waals surface area contributed by atoms with E-state index < -0.39 is 0 Å². The second-order valence-corrected chi connectivity index (χ2v) is 5.84. The second-order valence-electron chi connectivity index (χ2n) is 4.98. The largest absolute Gasteiger partial charge is 0.399 e. The zero-order chi connectivity index (χ0) is 13.8. The number of carbonyl (C=O) groups excluding carboxylic acids is 1. The molecule has 19 heavy (non-hydrogen) atoms. The van der Waals surface area contributed by atoms with Gasteiger partial charge in [-0.1, -0.05) is 0 Å². The van der Waals surface area contributed by atoms with Crippen molar-refractivity contribution in [2.45, 2.75) is 12.8 Å².